The molecule has 0 unspecified atom stereocenters. The van der Waals surface area contributed by atoms with Crippen LogP contribution in [0.1, 0.15) is 43.5 Å². The summed E-state index contributed by atoms with van der Waals surface area (Å²) in [6.45, 7) is 4.07. The van der Waals surface area contributed by atoms with Crippen LogP contribution in [0.4, 0.5) is 0 Å². The summed E-state index contributed by atoms with van der Waals surface area (Å²) in [4.78, 5) is 20.9. The van der Waals surface area contributed by atoms with Gasteiger partial charge in [0.15, 0.2) is 5.78 Å². The highest BCUT2D eigenvalue weighted by Gasteiger charge is 2.37. The first kappa shape index (κ1) is 17.2. The quantitative estimate of drug-likeness (QED) is 0.745. The highest BCUT2D eigenvalue weighted by molar-refractivity contribution is 6.01. The second-order valence-electron chi connectivity index (χ2n) is 6.63. The maximum atomic E-state index is 12.7. The SMILES string of the molecule is CCC1(CC)CC(=O)c2cc(-c3nc(-c4ccc(O)nc4)no3)ccc2O1. The highest BCUT2D eigenvalue weighted by Crippen LogP contribution is 2.38. The topological polar surface area (TPSA) is 98.3 Å². The lowest BCUT2D eigenvalue weighted by Gasteiger charge is -2.36. The van der Waals surface area contributed by atoms with Gasteiger partial charge in [0.25, 0.3) is 5.89 Å². The Balaban J connectivity index is 1.66. The molecule has 1 aliphatic rings. The summed E-state index contributed by atoms with van der Waals surface area (Å²) in [6, 6.07) is 8.43. The number of aromatic nitrogens is 3. The Morgan fingerprint density at radius 3 is 2.63 bits per heavy atom. The van der Waals surface area contributed by atoms with Crippen molar-refractivity contribution in [2.45, 2.75) is 38.7 Å². The Hall–Kier alpha value is -3.22. The molecule has 0 spiro atoms. The average molecular weight is 365 g/mol. The summed E-state index contributed by atoms with van der Waals surface area (Å²) < 4.78 is 11.5. The third-order valence-electron chi connectivity index (χ3n) is 5.06. The molecule has 1 aliphatic heterocycles. The van der Waals surface area contributed by atoms with Crippen molar-refractivity contribution < 1.29 is 19.2 Å². The Morgan fingerprint density at radius 1 is 1.15 bits per heavy atom. The van der Waals surface area contributed by atoms with Gasteiger partial charge in [-0.25, -0.2) is 4.98 Å². The van der Waals surface area contributed by atoms with E-state index in [9.17, 15) is 9.90 Å². The molecule has 0 amide bonds. The Labute approximate surface area is 156 Å². The molecular weight excluding hydrogens is 346 g/mol. The molecule has 1 N–H and O–H groups in total. The van der Waals surface area contributed by atoms with E-state index in [0.717, 1.165) is 12.8 Å². The molecule has 1 aromatic carbocycles. The number of Topliss-reactive ketones (excluding diaryl/α,β-unsaturated/α-hetero) is 1. The Morgan fingerprint density at radius 2 is 1.93 bits per heavy atom. The fraction of sp³-hybridized carbons (Fsp3) is 0.300. The number of hydrogen-bond acceptors (Lipinski definition) is 7. The van der Waals surface area contributed by atoms with Gasteiger partial charge in [-0.2, -0.15) is 4.98 Å². The number of rotatable bonds is 4. The molecule has 3 heterocycles. The molecule has 0 radical (unpaired) electrons. The van der Waals surface area contributed by atoms with E-state index in [0.29, 0.717) is 40.6 Å². The predicted octanol–water partition coefficient (Wildman–Crippen LogP) is 4.03. The number of pyridine rings is 1. The van der Waals surface area contributed by atoms with E-state index < -0.39 is 5.60 Å². The van der Waals surface area contributed by atoms with Crippen LogP contribution in [0.2, 0.25) is 0 Å². The van der Waals surface area contributed by atoms with Crippen molar-refractivity contribution >= 4 is 5.78 Å². The van der Waals surface area contributed by atoms with Gasteiger partial charge in [-0.3, -0.25) is 4.79 Å². The number of hydrogen-bond donors (Lipinski definition) is 1. The van der Waals surface area contributed by atoms with E-state index in [-0.39, 0.29) is 11.7 Å². The number of carbonyl (C=O) groups is 1. The monoisotopic (exact) mass is 365 g/mol. The van der Waals surface area contributed by atoms with Gasteiger partial charge in [0, 0.05) is 23.4 Å². The molecule has 2 aromatic heterocycles. The number of benzene rings is 1. The van der Waals surface area contributed by atoms with Gasteiger partial charge in [-0.15, -0.1) is 0 Å². The standard InChI is InChI=1S/C20H19N3O4/c1-3-20(4-2)10-15(24)14-9-12(5-7-16(14)26-20)19-22-18(23-27-19)13-6-8-17(25)21-11-13/h5-9,11H,3-4,10H2,1-2H3,(H,21,25). The van der Waals surface area contributed by atoms with Gasteiger partial charge in [-0.1, -0.05) is 19.0 Å². The van der Waals surface area contributed by atoms with Gasteiger partial charge in [-0.05, 0) is 37.1 Å². The lowest BCUT2D eigenvalue weighted by Crippen LogP contribution is -2.40. The number of ether oxygens (including phenoxy) is 1. The summed E-state index contributed by atoms with van der Waals surface area (Å²) in [5, 5.41) is 13.2. The van der Waals surface area contributed by atoms with Gasteiger partial charge in [0.1, 0.15) is 11.4 Å². The maximum absolute atomic E-state index is 12.7. The lowest BCUT2D eigenvalue weighted by molar-refractivity contribution is 0.0350. The van der Waals surface area contributed by atoms with E-state index in [1.54, 1.807) is 24.3 Å². The number of ketones is 1. The smallest absolute Gasteiger partial charge is 0.258 e. The van der Waals surface area contributed by atoms with E-state index in [4.69, 9.17) is 9.26 Å². The molecular formula is C20H19N3O4. The van der Waals surface area contributed by atoms with Crippen molar-refractivity contribution in [2.24, 2.45) is 0 Å². The van der Waals surface area contributed by atoms with Gasteiger partial charge in [0.2, 0.25) is 11.7 Å². The Kier molecular flexibility index (Phi) is 4.14. The second-order valence-corrected chi connectivity index (χ2v) is 6.63. The third-order valence-corrected chi connectivity index (χ3v) is 5.06. The van der Waals surface area contributed by atoms with Gasteiger partial charge in [0.05, 0.1) is 12.0 Å². The van der Waals surface area contributed by atoms with Crippen molar-refractivity contribution in [3.05, 3.63) is 42.1 Å². The van der Waals surface area contributed by atoms with Crippen LogP contribution in [-0.2, 0) is 0 Å². The fourth-order valence-corrected chi connectivity index (χ4v) is 3.25. The van der Waals surface area contributed by atoms with Crippen LogP contribution in [0.25, 0.3) is 22.8 Å². The number of carbonyl (C=O) groups excluding carboxylic acids is 1. The molecule has 0 fully saturated rings. The number of nitrogens with zero attached hydrogens (tertiary/aromatic N) is 3. The minimum Gasteiger partial charge on any atom is -0.493 e. The molecule has 138 valence electrons. The summed E-state index contributed by atoms with van der Waals surface area (Å²) in [6.07, 6.45) is 3.39. The summed E-state index contributed by atoms with van der Waals surface area (Å²) >= 11 is 0. The average Bonchev–Trinajstić information content (AvgIpc) is 3.18. The van der Waals surface area contributed by atoms with Crippen LogP contribution in [0.3, 0.4) is 0 Å². The molecule has 7 heteroatoms. The summed E-state index contributed by atoms with van der Waals surface area (Å²) in [5.74, 6) is 1.24. The van der Waals surface area contributed by atoms with Gasteiger partial charge < -0.3 is 14.4 Å². The highest BCUT2D eigenvalue weighted by atomic mass is 16.5. The molecule has 7 nitrogen and oxygen atoms in total. The van der Waals surface area contributed by atoms with Crippen molar-refractivity contribution in [1.82, 2.24) is 15.1 Å². The van der Waals surface area contributed by atoms with Crippen molar-refractivity contribution in [1.29, 1.82) is 0 Å². The molecule has 0 saturated heterocycles. The lowest BCUT2D eigenvalue weighted by atomic mass is 9.85. The molecule has 4 rings (SSSR count). The van der Waals surface area contributed by atoms with E-state index in [2.05, 4.69) is 15.1 Å². The minimum atomic E-state index is -0.422. The normalized spacial score (nSPS) is 15.3. The van der Waals surface area contributed by atoms with Crippen molar-refractivity contribution in [3.63, 3.8) is 0 Å². The van der Waals surface area contributed by atoms with Crippen LogP contribution >= 0.6 is 0 Å². The first-order chi connectivity index (χ1) is 13.0. The minimum absolute atomic E-state index is 0.0595. The molecule has 0 aliphatic carbocycles. The largest absolute Gasteiger partial charge is 0.493 e. The number of aromatic hydroxyl groups is 1. The molecule has 0 atom stereocenters. The van der Waals surface area contributed by atoms with Crippen LogP contribution in [-0.4, -0.2) is 31.6 Å². The predicted molar refractivity (Wildman–Crippen MR) is 97.5 cm³/mol. The molecule has 27 heavy (non-hydrogen) atoms. The zero-order valence-electron chi connectivity index (χ0n) is 15.1. The first-order valence-corrected chi connectivity index (χ1v) is 8.89. The van der Waals surface area contributed by atoms with Crippen LogP contribution in [0.5, 0.6) is 11.6 Å². The molecule has 0 bridgehead atoms. The summed E-state index contributed by atoms with van der Waals surface area (Å²) in [7, 11) is 0. The van der Waals surface area contributed by atoms with Crippen molar-refractivity contribution in [2.75, 3.05) is 0 Å². The van der Waals surface area contributed by atoms with Crippen LogP contribution in [0.15, 0.2) is 41.1 Å². The van der Waals surface area contributed by atoms with Gasteiger partial charge >= 0.3 is 0 Å². The molecule has 3 aromatic rings. The van der Waals surface area contributed by atoms with Crippen LogP contribution < -0.4 is 4.74 Å². The van der Waals surface area contributed by atoms with E-state index >= 15 is 0 Å². The second kappa shape index (κ2) is 6.50. The first-order valence-electron chi connectivity index (χ1n) is 8.89. The van der Waals surface area contributed by atoms with E-state index in [1.165, 1.54) is 12.3 Å². The fourth-order valence-electron chi connectivity index (χ4n) is 3.25. The summed E-state index contributed by atoms with van der Waals surface area (Å²) in [5.41, 5.74) is 1.39. The maximum Gasteiger partial charge on any atom is 0.258 e. The zero-order chi connectivity index (χ0) is 19.0. The third kappa shape index (κ3) is 3.05. The zero-order valence-corrected chi connectivity index (χ0v) is 15.1. The van der Waals surface area contributed by atoms with Crippen LogP contribution in [0, 0.1) is 0 Å². The van der Waals surface area contributed by atoms with E-state index in [1.807, 2.05) is 13.8 Å². The Bertz CT molecular complexity index is 991. The van der Waals surface area contributed by atoms with Crippen molar-refractivity contribution in [3.8, 4) is 34.5 Å². The molecule has 0 saturated carbocycles. The number of fused-ring (bicyclic) bond motifs is 1.